The Balaban J connectivity index is 2.29. The zero-order valence-electron chi connectivity index (χ0n) is 11.0. The van der Waals surface area contributed by atoms with E-state index in [-0.39, 0.29) is 17.0 Å². The van der Waals surface area contributed by atoms with Crippen LogP contribution in [0, 0.1) is 16.0 Å². The number of aromatic nitrogens is 2. The normalized spacial score (nSPS) is 23.1. The lowest BCUT2D eigenvalue weighted by Gasteiger charge is -2.34. The fourth-order valence-electron chi connectivity index (χ4n) is 2.66. The van der Waals surface area contributed by atoms with Gasteiger partial charge >= 0.3 is 5.69 Å². The molecule has 1 aliphatic rings. The van der Waals surface area contributed by atoms with E-state index in [9.17, 15) is 10.1 Å². The van der Waals surface area contributed by atoms with E-state index in [1.54, 1.807) is 0 Å². The SMILES string of the molecule is CC1CCCC(N(C)c2nc(Cl)ncc2[N+](=O)[O-])C1. The van der Waals surface area contributed by atoms with E-state index in [4.69, 9.17) is 11.6 Å². The van der Waals surface area contributed by atoms with Crippen molar-refractivity contribution in [3.63, 3.8) is 0 Å². The zero-order chi connectivity index (χ0) is 14.0. The summed E-state index contributed by atoms with van der Waals surface area (Å²) < 4.78 is 0. The molecule has 2 unspecified atom stereocenters. The fourth-order valence-corrected chi connectivity index (χ4v) is 2.79. The van der Waals surface area contributed by atoms with Gasteiger partial charge in [0.1, 0.15) is 6.20 Å². The van der Waals surface area contributed by atoms with Crippen LogP contribution in [0.4, 0.5) is 11.5 Å². The summed E-state index contributed by atoms with van der Waals surface area (Å²) >= 11 is 5.76. The van der Waals surface area contributed by atoms with Crippen molar-refractivity contribution in [3.8, 4) is 0 Å². The lowest BCUT2D eigenvalue weighted by molar-refractivity contribution is -0.384. The standard InChI is InChI=1S/C12H17ClN4O2/c1-8-4-3-5-9(6-8)16(2)11-10(17(18)19)7-14-12(13)15-11/h7-9H,3-6H2,1-2H3. The molecule has 19 heavy (non-hydrogen) atoms. The summed E-state index contributed by atoms with van der Waals surface area (Å²) in [6.45, 7) is 2.21. The van der Waals surface area contributed by atoms with Crippen molar-refractivity contribution in [2.24, 2.45) is 5.92 Å². The van der Waals surface area contributed by atoms with Gasteiger partial charge in [-0.2, -0.15) is 4.98 Å². The van der Waals surface area contributed by atoms with Gasteiger partial charge < -0.3 is 4.90 Å². The molecule has 0 bridgehead atoms. The van der Waals surface area contributed by atoms with Crippen molar-refractivity contribution >= 4 is 23.1 Å². The number of nitrogens with zero attached hydrogens (tertiary/aromatic N) is 4. The molecule has 2 atom stereocenters. The van der Waals surface area contributed by atoms with Gasteiger partial charge in [-0.1, -0.05) is 19.8 Å². The Kier molecular flexibility index (Phi) is 4.19. The van der Waals surface area contributed by atoms with Crippen LogP contribution in [0.2, 0.25) is 5.28 Å². The van der Waals surface area contributed by atoms with Gasteiger partial charge in [0, 0.05) is 13.1 Å². The van der Waals surface area contributed by atoms with E-state index in [0.717, 1.165) is 19.3 Å². The molecule has 1 aliphatic carbocycles. The molecule has 104 valence electrons. The monoisotopic (exact) mass is 284 g/mol. The molecule has 0 radical (unpaired) electrons. The number of halogens is 1. The van der Waals surface area contributed by atoms with E-state index in [1.165, 1.54) is 12.6 Å². The van der Waals surface area contributed by atoms with E-state index < -0.39 is 4.92 Å². The third-order valence-corrected chi connectivity index (χ3v) is 3.89. The van der Waals surface area contributed by atoms with Gasteiger partial charge in [-0.3, -0.25) is 10.1 Å². The van der Waals surface area contributed by atoms with Gasteiger partial charge in [-0.25, -0.2) is 4.98 Å². The van der Waals surface area contributed by atoms with Crippen LogP contribution in [0.5, 0.6) is 0 Å². The minimum Gasteiger partial charge on any atom is -0.351 e. The minimum absolute atomic E-state index is 0.0382. The molecule has 1 saturated carbocycles. The second-order valence-electron chi connectivity index (χ2n) is 5.14. The number of rotatable bonds is 3. The maximum Gasteiger partial charge on any atom is 0.329 e. The Morgan fingerprint density at radius 2 is 2.26 bits per heavy atom. The van der Waals surface area contributed by atoms with E-state index >= 15 is 0 Å². The van der Waals surface area contributed by atoms with Crippen LogP contribution in [0.25, 0.3) is 0 Å². The Morgan fingerprint density at radius 3 is 2.89 bits per heavy atom. The Bertz CT molecular complexity index is 483. The Labute approximate surface area is 117 Å². The summed E-state index contributed by atoms with van der Waals surface area (Å²) in [4.78, 5) is 20.2. The predicted octanol–water partition coefficient (Wildman–Crippen LogP) is 3.05. The Hall–Kier alpha value is -1.43. The summed E-state index contributed by atoms with van der Waals surface area (Å²) in [5, 5.41) is 11.1. The average Bonchev–Trinajstić information content (AvgIpc) is 2.37. The molecular weight excluding hydrogens is 268 g/mol. The third-order valence-electron chi connectivity index (χ3n) is 3.71. The highest BCUT2D eigenvalue weighted by atomic mass is 35.5. The summed E-state index contributed by atoms with van der Waals surface area (Å²) in [6, 6.07) is 0.272. The molecule has 1 heterocycles. The van der Waals surface area contributed by atoms with Gasteiger partial charge in [0.15, 0.2) is 0 Å². The third kappa shape index (κ3) is 3.12. The molecule has 1 aromatic rings. The number of nitro groups is 1. The first kappa shape index (κ1) is 14.0. The first-order valence-corrected chi connectivity index (χ1v) is 6.76. The summed E-state index contributed by atoms with van der Waals surface area (Å²) in [7, 11) is 1.84. The predicted molar refractivity (Wildman–Crippen MR) is 73.5 cm³/mol. The molecule has 0 saturated heterocycles. The van der Waals surface area contributed by atoms with E-state index in [1.807, 2.05) is 11.9 Å². The van der Waals surface area contributed by atoms with Crippen molar-refractivity contribution in [1.29, 1.82) is 0 Å². The molecular formula is C12H17ClN4O2. The van der Waals surface area contributed by atoms with E-state index in [2.05, 4.69) is 16.9 Å². The van der Waals surface area contributed by atoms with Crippen LogP contribution >= 0.6 is 11.6 Å². The highest BCUT2D eigenvalue weighted by Crippen LogP contribution is 2.32. The van der Waals surface area contributed by atoms with Crippen molar-refractivity contribution in [2.45, 2.75) is 38.6 Å². The van der Waals surface area contributed by atoms with Crippen LogP contribution in [0.15, 0.2) is 6.20 Å². The van der Waals surface area contributed by atoms with E-state index in [0.29, 0.717) is 11.7 Å². The largest absolute Gasteiger partial charge is 0.351 e. The van der Waals surface area contributed by atoms with Gasteiger partial charge in [-0.05, 0) is 30.4 Å². The summed E-state index contributed by atoms with van der Waals surface area (Å²) in [5.74, 6) is 0.946. The number of hydrogen-bond donors (Lipinski definition) is 0. The van der Waals surface area contributed by atoms with Crippen molar-refractivity contribution < 1.29 is 4.92 Å². The van der Waals surface area contributed by atoms with Crippen LogP contribution in [-0.2, 0) is 0 Å². The Morgan fingerprint density at radius 1 is 1.53 bits per heavy atom. The first-order valence-electron chi connectivity index (χ1n) is 6.38. The van der Waals surface area contributed by atoms with Crippen molar-refractivity contribution in [3.05, 3.63) is 21.6 Å². The van der Waals surface area contributed by atoms with Crippen molar-refractivity contribution in [2.75, 3.05) is 11.9 Å². The maximum atomic E-state index is 11.0. The second kappa shape index (κ2) is 5.69. The molecule has 1 fully saturated rings. The molecule has 0 N–H and O–H groups in total. The quantitative estimate of drug-likeness (QED) is 0.484. The molecule has 2 rings (SSSR count). The van der Waals surface area contributed by atoms with Gasteiger partial charge in [-0.15, -0.1) is 0 Å². The van der Waals surface area contributed by atoms with Crippen LogP contribution in [0.1, 0.15) is 32.6 Å². The molecule has 0 spiro atoms. The molecule has 6 nitrogen and oxygen atoms in total. The van der Waals surface area contributed by atoms with Crippen molar-refractivity contribution in [1.82, 2.24) is 9.97 Å². The van der Waals surface area contributed by atoms with Gasteiger partial charge in [0.25, 0.3) is 0 Å². The minimum atomic E-state index is -0.464. The highest BCUT2D eigenvalue weighted by Gasteiger charge is 2.28. The smallest absolute Gasteiger partial charge is 0.329 e. The lowest BCUT2D eigenvalue weighted by atomic mass is 9.86. The molecule has 0 amide bonds. The highest BCUT2D eigenvalue weighted by molar-refractivity contribution is 6.28. The first-order chi connectivity index (χ1) is 8.99. The second-order valence-corrected chi connectivity index (χ2v) is 5.48. The van der Waals surface area contributed by atoms with Gasteiger partial charge in [0.2, 0.25) is 11.1 Å². The zero-order valence-corrected chi connectivity index (χ0v) is 11.8. The molecule has 1 aromatic heterocycles. The number of hydrogen-bond acceptors (Lipinski definition) is 5. The number of anilines is 1. The molecule has 0 aromatic carbocycles. The summed E-state index contributed by atoms with van der Waals surface area (Å²) in [6.07, 6.45) is 5.59. The van der Waals surface area contributed by atoms with Crippen LogP contribution < -0.4 is 4.90 Å². The molecule has 7 heteroatoms. The van der Waals surface area contributed by atoms with Crippen LogP contribution in [-0.4, -0.2) is 28.0 Å². The fraction of sp³-hybridized carbons (Fsp3) is 0.667. The van der Waals surface area contributed by atoms with Crippen LogP contribution in [0.3, 0.4) is 0 Å². The maximum absolute atomic E-state index is 11.0. The molecule has 0 aliphatic heterocycles. The summed E-state index contributed by atoms with van der Waals surface area (Å²) in [5.41, 5.74) is -0.0925. The topological polar surface area (TPSA) is 72.2 Å². The average molecular weight is 285 g/mol. The lowest BCUT2D eigenvalue weighted by Crippen LogP contribution is -2.36. The van der Waals surface area contributed by atoms with Gasteiger partial charge in [0.05, 0.1) is 4.92 Å².